The lowest BCUT2D eigenvalue weighted by Crippen LogP contribution is -2.57. The minimum atomic E-state index is -1.32. The molecule has 2 heterocycles. The van der Waals surface area contributed by atoms with Crippen molar-refractivity contribution in [1.29, 1.82) is 0 Å². The van der Waals surface area contributed by atoms with Crippen molar-refractivity contribution in [3.63, 3.8) is 0 Å². The van der Waals surface area contributed by atoms with Crippen LogP contribution < -0.4 is 0 Å². The average molecular weight is 331 g/mol. The maximum absolute atomic E-state index is 12.3. The molecule has 0 aliphatic carbocycles. The van der Waals surface area contributed by atoms with E-state index in [1.165, 1.54) is 4.90 Å². The van der Waals surface area contributed by atoms with Crippen LogP contribution in [0.3, 0.4) is 0 Å². The lowest BCUT2D eigenvalue weighted by atomic mass is 9.97. The Hall–Kier alpha value is -1.44. The van der Waals surface area contributed by atoms with Gasteiger partial charge in [0.15, 0.2) is 0 Å². The monoisotopic (exact) mass is 331 g/mol. The maximum atomic E-state index is 12.3. The molecule has 8 heteroatoms. The van der Waals surface area contributed by atoms with Gasteiger partial charge in [-0.25, -0.2) is 4.79 Å². The molecule has 1 amide bonds. The molecule has 0 aromatic carbocycles. The molecule has 3 atom stereocenters. The van der Waals surface area contributed by atoms with E-state index < -0.39 is 51.1 Å². The Morgan fingerprint density at radius 2 is 1.91 bits per heavy atom. The van der Waals surface area contributed by atoms with Crippen LogP contribution in [-0.2, 0) is 34.7 Å². The Bertz CT molecular complexity index is 550. The number of amides is 1. The zero-order valence-corrected chi connectivity index (χ0v) is 14.2. The van der Waals surface area contributed by atoms with Crippen LogP contribution in [0.4, 0.5) is 0 Å². The van der Waals surface area contributed by atoms with Gasteiger partial charge in [-0.2, -0.15) is 0 Å². The van der Waals surface area contributed by atoms with Gasteiger partial charge in [-0.3, -0.25) is 13.8 Å². The minimum Gasteiger partial charge on any atom is -0.427 e. The first-order chi connectivity index (χ1) is 9.98. The molecule has 0 N–H and O–H groups in total. The summed E-state index contributed by atoms with van der Waals surface area (Å²) in [6.07, 6.45) is 0.193. The number of ether oxygens (including phenoxy) is 2. The second-order valence-electron chi connectivity index (χ2n) is 7.03. The predicted octanol–water partition coefficient (Wildman–Crippen LogP) is 0.544. The highest BCUT2D eigenvalue weighted by Gasteiger charge is 2.63. The van der Waals surface area contributed by atoms with Crippen LogP contribution in [0.1, 0.15) is 41.0 Å². The Morgan fingerprint density at radius 1 is 1.32 bits per heavy atom. The van der Waals surface area contributed by atoms with Gasteiger partial charge in [0.05, 0.1) is 27.4 Å². The van der Waals surface area contributed by atoms with E-state index in [0.717, 1.165) is 0 Å². The van der Waals surface area contributed by atoms with Crippen LogP contribution in [0.2, 0.25) is 0 Å². The summed E-state index contributed by atoms with van der Waals surface area (Å²) in [7, 11) is -1.32. The molecule has 0 aromatic rings. The predicted molar refractivity (Wildman–Crippen MR) is 77.8 cm³/mol. The van der Waals surface area contributed by atoms with Gasteiger partial charge in [0.2, 0.25) is 12.7 Å². The zero-order valence-electron chi connectivity index (χ0n) is 13.4. The third-order valence-corrected chi connectivity index (χ3v) is 6.02. The molecule has 7 nitrogen and oxygen atoms in total. The van der Waals surface area contributed by atoms with Crippen molar-refractivity contribution in [1.82, 2.24) is 4.90 Å². The van der Waals surface area contributed by atoms with Crippen molar-refractivity contribution < 1.29 is 28.1 Å². The van der Waals surface area contributed by atoms with Crippen molar-refractivity contribution in [3.05, 3.63) is 0 Å². The molecule has 0 bridgehead atoms. The van der Waals surface area contributed by atoms with Crippen LogP contribution >= 0.6 is 0 Å². The molecular weight excluding hydrogens is 310 g/mol. The van der Waals surface area contributed by atoms with E-state index in [4.69, 9.17) is 9.47 Å². The summed E-state index contributed by atoms with van der Waals surface area (Å²) in [5, 5.41) is -0.419. The number of hydrogen-bond donors (Lipinski definition) is 0. The van der Waals surface area contributed by atoms with Crippen molar-refractivity contribution in [3.8, 4) is 0 Å². The summed E-state index contributed by atoms with van der Waals surface area (Å²) < 4.78 is 21.2. The molecule has 2 rings (SSSR count). The van der Waals surface area contributed by atoms with E-state index in [0.29, 0.717) is 0 Å². The third kappa shape index (κ3) is 2.64. The molecule has 124 valence electrons. The van der Waals surface area contributed by atoms with Gasteiger partial charge in [-0.1, -0.05) is 0 Å². The molecule has 0 aromatic heterocycles. The first kappa shape index (κ1) is 16.9. The first-order valence-corrected chi connectivity index (χ1v) is 8.25. The molecule has 1 unspecified atom stereocenters. The average Bonchev–Trinajstić information content (AvgIpc) is 2.54. The second-order valence-corrected chi connectivity index (χ2v) is 9.22. The topological polar surface area (TPSA) is 90.0 Å². The number of rotatable bonds is 3. The standard InChI is InChI=1S/C14H21NO6S/c1-13(2,3)12(18)21-7-20-11(17)10-14(4,5)22(19)9-6-8(16)15(9)10/h9-10H,6-7H2,1-5H3/t9-,10+,22?/m1/s1. The molecule has 2 aliphatic heterocycles. The minimum absolute atomic E-state index is 0.193. The molecule has 2 fully saturated rings. The Kier molecular flexibility index (Phi) is 4.10. The molecule has 22 heavy (non-hydrogen) atoms. The fourth-order valence-electron chi connectivity index (χ4n) is 2.52. The van der Waals surface area contributed by atoms with Gasteiger partial charge < -0.3 is 14.4 Å². The van der Waals surface area contributed by atoms with Gasteiger partial charge >= 0.3 is 11.9 Å². The second kappa shape index (κ2) is 5.33. The maximum Gasteiger partial charge on any atom is 0.333 e. The Morgan fingerprint density at radius 3 is 2.41 bits per heavy atom. The molecular formula is C14H21NO6S. The zero-order chi connectivity index (χ0) is 16.9. The van der Waals surface area contributed by atoms with Crippen LogP contribution in [-0.4, -0.2) is 49.9 Å². The van der Waals surface area contributed by atoms with Gasteiger partial charge in [0.1, 0.15) is 11.4 Å². The number of carbonyl (C=O) groups excluding carboxylic acids is 3. The highest BCUT2D eigenvalue weighted by atomic mass is 32.2. The molecule has 0 spiro atoms. The summed E-state index contributed by atoms with van der Waals surface area (Å²) in [5.74, 6) is -1.40. The molecule has 2 saturated heterocycles. The molecule has 0 radical (unpaired) electrons. The fourth-order valence-corrected chi connectivity index (χ4v) is 4.39. The van der Waals surface area contributed by atoms with Gasteiger partial charge in [0, 0.05) is 0 Å². The lowest BCUT2D eigenvalue weighted by molar-refractivity contribution is -0.179. The van der Waals surface area contributed by atoms with Crippen molar-refractivity contribution in [2.45, 2.75) is 57.2 Å². The molecule has 0 saturated carbocycles. The SMILES string of the molecule is CC(C)(C)C(=O)OCOC(=O)[C@@H]1N2C(=O)C[C@H]2S(=O)C1(C)C. The first-order valence-electron chi connectivity index (χ1n) is 7.03. The Balaban J connectivity index is 1.99. The summed E-state index contributed by atoms with van der Waals surface area (Å²) in [6, 6.07) is -0.909. The van der Waals surface area contributed by atoms with E-state index in [1.54, 1.807) is 34.6 Å². The van der Waals surface area contributed by atoms with E-state index in [-0.39, 0.29) is 12.3 Å². The quantitative estimate of drug-likeness (QED) is 0.426. The fraction of sp³-hybridized carbons (Fsp3) is 0.786. The van der Waals surface area contributed by atoms with E-state index in [9.17, 15) is 18.6 Å². The number of nitrogens with zero attached hydrogens (tertiary/aromatic N) is 1. The summed E-state index contributed by atoms with van der Waals surface area (Å²) in [4.78, 5) is 36.8. The van der Waals surface area contributed by atoms with Gasteiger partial charge in [-0.05, 0) is 34.6 Å². The highest BCUT2D eigenvalue weighted by Crippen LogP contribution is 2.43. The third-order valence-electron chi connectivity index (χ3n) is 3.88. The number of esters is 2. The Labute approximate surface area is 131 Å². The normalized spacial score (nSPS) is 29.6. The van der Waals surface area contributed by atoms with Gasteiger partial charge in [0.25, 0.3) is 0 Å². The number of β-lactam (4-membered cyclic amide) rings is 1. The number of fused-ring (bicyclic) bond motifs is 1. The van der Waals surface area contributed by atoms with Crippen molar-refractivity contribution in [2.24, 2.45) is 5.41 Å². The summed E-state index contributed by atoms with van der Waals surface area (Å²) >= 11 is 0. The van der Waals surface area contributed by atoms with E-state index >= 15 is 0 Å². The summed E-state index contributed by atoms with van der Waals surface area (Å²) in [6.45, 7) is 7.88. The lowest BCUT2D eigenvalue weighted by Gasteiger charge is -2.36. The van der Waals surface area contributed by atoms with Crippen LogP contribution in [0.5, 0.6) is 0 Å². The summed E-state index contributed by atoms with van der Waals surface area (Å²) in [5.41, 5.74) is -0.695. The molecule has 2 aliphatic rings. The largest absolute Gasteiger partial charge is 0.427 e. The highest BCUT2D eigenvalue weighted by molar-refractivity contribution is 7.87. The van der Waals surface area contributed by atoms with Crippen LogP contribution in [0.15, 0.2) is 0 Å². The van der Waals surface area contributed by atoms with E-state index in [2.05, 4.69) is 0 Å². The smallest absolute Gasteiger partial charge is 0.333 e. The number of hydrogen-bond acceptors (Lipinski definition) is 6. The van der Waals surface area contributed by atoms with Crippen molar-refractivity contribution >= 4 is 28.6 Å². The van der Waals surface area contributed by atoms with Crippen LogP contribution in [0, 0.1) is 5.41 Å². The van der Waals surface area contributed by atoms with Crippen molar-refractivity contribution in [2.75, 3.05) is 6.79 Å². The van der Waals surface area contributed by atoms with E-state index in [1.807, 2.05) is 0 Å². The number of carbonyl (C=O) groups is 3. The van der Waals surface area contributed by atoms with Gasteiger partial charge in [-0.15, -0.1) is 0 Å². The van der Waals surface area contributed by atoms with Crippen LogP contribution in [0.25, 0.3) is 0 Å².